The summed E-state index contributed by atoms with van der Waals surface area (Å²) in [5.74, 6) is 0.602. The summed E-state index contributed by atoms with van der Waals surface area (Å²) in [6.45, 7) is 2.07. The van der Waals surface area contributed by atoms with Crippen LogP contribution in [0.2, 0.25) is 0 Å². The Kier molecular flexibility index (Phi) is 5.30. The molecule has 132 valence electrons. The first-order valence-electron chi connectivity index (χ1n) is 8.29. The van der Waals surface area contributed by atoms with E-state index in [0.29, 0.717) is 23.1 Å². The number of rotatable bonds is 6. The normalized spacial score (nSPS) is 11.9. The molecule has 6 nitrogen and oxygen atoms in total. The van der Waals surface area contributed by atoms with E-state index < -0.39 is 6.10 Å². The molecule has 1 N–H and O–H groups in total. The standard InChI is InChI=1S/C20H19N3O3/c1-14-2-7-19-18(10-14)20(25)23(13-22-19)11-16(24)12-26-17-5-3-15(4-6-17)8-9-21/h2-7,10,13,16,24H,8,11-12H2,1H3/t16-/m1/s1. The second-order valence-corrected chi connectivity index (χ2v) is 6.17. The molecule has 1 aromatic heterocycles. The number of nitriles is 1. The highest BCUT2D eigenvalue weighted by Crippen LogP contribution is 2.13. The van der Waals surface area contributed by atoms with Gasteiger partial charge in [0.15, 0.2) is 0 Å². The average Bonchev–Trinajstić information content (AvgIpc) is 2.64. The number of aryl methyl sites for hydroxylation is 1. The molecule has 0 saturated heterocycles. The summed E-state index contributed by atoms with van der Waals surface area (Å²) < 4.78 is 6.95. The van der Waals surface area contributed by atoms with Crippen LogP contribution in [0.3, 0.4) is 0 Å². The Balaban J connectivity index is 1.65. The third-order valence-corrected chi connectivity index (χ3v) is 4.04. The molecular formula is C20H19N3O3. The van der Waals surface area contributed by atoms with E-state index in [1.807, 2.05) is 31.2 Å². The fraction of sp³-hybridized carbons (Fsp3) is 0.250. The van der Waals surface area contributed by atoms with Crippen molar-refractivity contribution in [3.63, 3.8) is 0 Å². The lowest BCUT2D eigenvalue weighted by molar-refractivity contribution is 0.0915. The first-order valence-corrected chi connectivity index (χ1v) is 8.29. The highest BCUT2D eigenvalue weighted by Gasteiger charge is 2.10. The predicted octanol–water partition coefficient (Wildman–Crippen LogP) is 2.21. The maximum Gasteiger partial charge on any atom is 0.261 e. The molecule has 3 rings (SSSR count). The lowest BCUT2D eigenvalue weighted by atomic mass is 10.1. The molecule has 2 aromatic carbocycles. The summed E-state index contributed by atoms with van der Waals surface area (Å²) in [5, 5.41) is 19.4. The molecule has 0 bridgehead atoms. The van der Waals surface area contributed by atoms with E-state index in [0.717, 1.165) is 11.1 Å². The van der Waals surface area contributed by atoms with Crippen molar-refractivity contribution in [2.24, 2.45) is 0 Å². The van der Waals surface area contributed by atoms with Gasteiger partial charge < -0.3 is 9.84 Å². The van der Waals surface area contributed by atoms with Crippen LogP contribution in [0.5, 0.6) is 5.75 Å². The predicted molar refractivity (Wildman–Crippen MR) is 98.0 cm³/mol. The van der Waals surface area contributed by atoms with E-state index in [1.165, 1.54) is 10.9 Å². The monoisotopic (exact) mass is 349 g/mol. The Morgan fingerprint density at radius 1 is 1.27 bits per heavy atom. The third-order valence-electron chi connectivity index (χ3n) is 4.04. The molecule has 1 heterocycles. The molecule has 0 aliphatic carbocycles. The first-order chi connectivity index (χ1) is 12.6. The van der Waals surface area contributed by atoms with Crippen LogP contribution in [0.4, 0.5) is 0 Å². The van der Waals surface area contributed by atoms with Crippen LogP contribution < -0.4 is 10.3 Å². The highest BCUT2D eigenvalue weighted by molar-refractivity contribution is 5.77. The number of aromatic nitrogens is 2. The highest BCUT2D eigenvalue weighted by atomic mass is 16.5. The lowest BCUT2D eigenvalue weighted by Crippen LogP contribution is -2.30. The van der Waals surface area contributed by atoms with Gasteiger partial charge >= 0.3 is 0 Å². The molecule has 0 aliphatic heterocycles. The van der Waals surface area contributed by atoms with Gasteiger partial charge in [-0.05, 0) is 36.8 Å². The summed E-state index contributed by atoms with van der Waals surface area (Å²) in [5.41, 5.74) is 2.35. The zero-order valence-corrected chi connectivity index (χ0v) is 14.4. The van der Waals surface area contributed by atoms with Crippen molar-refractivity contribution >= 4 is 10.9 Å². The van der Waals surface area contributed by atoms with E-state index >= 15 is 0 Å². The van der Waals surface area contributed by atoms with E-state index in [-0.39, 0.29) is 18.7 Å². The summed E-state index contributed by atoms with van der Waals surface area (Å²) in [6, 6.07) is 14.7. The molecule has 0 saturated carbocycles. The summed E-state index contributed by atoms with van der Waals surface area (Å²) in [6.07, 6.45) is 0.940. The van der Waals surface area contributed by atoms with Crippen molar-refractivity contribution in [1.29, 1.82) is 5.26 Å². The summed E-state index contributed by atoms with van der Waals surface area (Å²) in [4.78, 5) is 16.8. The molecule has 0 aliphatic rings. The number of aliphatic hydroxyl groups is 1. The van der Waals surface area contributed by atoms with E-state index in [1.54, 1.807) is 18.2 Å². The van der Waals surface area contributed by atoms with Gasteiger partial charge in [-0.25, -0.2) is 4.98 Å². The van der Waals surface area contributed by atoms with Gasteiger partial charge in [-0.2, -0.15) is 5.26 Å². The van der Waals surface area contributed by atoms with Crippen LogP contribution in [0.25, 0.3) is 10.9 Å². The average molecular weight is 349 g/mol. The number of benzene rings is 2. The minimum Gasteiger partial charge on any atom is -0.491 e. The molecule has 1 atom stereocenters. The Bertz CT molecular complexity index is 1000. The maximum atomic E-state index is 12.5. The Labute approximate surface area is 150 Å². The van der Waals surface area contributed by atoms with Crippen molar-refractivity contribution in [2.45, 2.75) is 26.0 Å². The van der Waals surface area contributed by atoms with Gasteiger partial charge in [-0.1, -0.05) is 23.8 Å². The van der Waals surface area contributed by atoms with Crippen molar-refractivity contribution in [2.75, 3.05) is 6.61 Å². The third kappa shape index (κ3) is 4.08. The number of ether oxygens (including phenoxy) is 1. The first kappa shape index (κ1) is 17.6. The zero-order valence-electron chi connectivity index (χ0n) is 14.4. The molecule has 0 spiro atoms. The quantitative estimate of drug-likeness (QED) is 0.737. The van der Waals surface area contributed by atoms with E-state index in [4.69, 9.17) is 10.00 Å². The van der Waals surface area contributed by atoms with Gasteiger partial charge in [0.25, 0.3) is 5.56 Å². The van der Waals surface area contributed by atoms with Crippen molar-refractivity contribution in [1.82, 2.24) is 9.55 Å². The fourth-order valence-corrected chi connectivity index (χ4v) is 2.67. The SMILES string of the molecule is Cc1ccc2ncn(C[C@@H](O)COc3ccc(CC#N)cc3)c(=O)c2c1. The number of hydrogen-bond donors (Lipinski definition) is 1. The molecule has 0 radical (unpaired) electrons. The molecule has 0 unspecified atom stereocenters. The molecule has 26 heavy (non-hydrogen) atoms. The number of hydrogen-bond acceptors (Lipinski definition) is 5. The van der Waals surface area contributed by atoms with Gasteiger partial charge in [-0.3, -0.25) is 9.36 Å². The van der Waals surface area contributed by atoms with E-state index in [2.05, 4.69) is 11.1 Å². The largest absolute Gasteiger partial charge is 0.491 e. The Hall–Kier alpha value is -3.17. The molecule has 3 aromatic rings. The summed E-state index contributed by atoms with van der Waals surface area (Å²) in [7, 11) is 0. The van der Waals surface area contributed by atoms with Crippen LogP contribution in [0, 0.1) is 18.3 Å². The van der Waals surface area contributed by atoms with Crippen LogP contribution in [0.1, 0.15) is 11.1 Å². The van der Waals surface area contributed by atoms with Gasteiger partial charge in [-0.15, -0.1) is 0 Å². The lowest BCUT2D eigenvalue weighted by Gasteiger charge is -2.14. The number of nitrogens with zero attached hydrogens (tertiary/aromatic N) is 3. The van der Waals surface area contributed by atoms with Gasteiger partial charge in [0.2, 0.25) is 0 Å². The van der Waals surface area contributed by atoms with Crippen LogP contribution >= 0.6 is 0 Å². The van der Waals surface area contributed by atoms with Crippen molar-refractivity contribution < 1.29 is 9.84 Å². The van der Waals surface area contributed by atoms with Crippen molar-refractivity contribution in [3.05, 3.63) is 70.3 Å². The number of fused-ring (bicyclic) bond motifs is 1. The van der Waals surface area contributed by atoms with Gasteiger partial charge in [0, 0.05) is 0 Å². The second kappa shape index (κ2) is 7.81. The molecule has 0 fully saturated rings. The van der Waals surface area contributed by atoms with Gasteiger partial charge in [0.1, 0.15) is 18.5 Å². The van der Waals surface area contributed by atoms with Crippen LogP contribution in [-0.2, 0) is 13.0 Å². The maximum absolute atomic E-state index is 12.5. The van der Waals surface area contributed by atoms with Crippen molar-refractivity contribution in [3.8, 4) is 11.8 Å². The molecular weight excluding hydrogens is 330 g/mol. The molecule has 0 amide bonds. The smallest absolute Gasteiger partial charge is 0.261 e. The van der Waals surface area contributed by atoms with Crippen LogP contribution in [-0.4, -0.2) is 27.4 Å². The minimum absolute atomic E-state index is 0.0515. The fourth-order valence-electron chi connectivity index (χ4n) is 2.67. The van der Waals surface area contributed by atoms with Gasteiger partial charge in [0.05, 0.1) is 36.3 Å². The Morgan fingerprint density at radius 3 is 2.77 bits per heavy atom. The number of aliphatic hydroxyl groups excluding tert-OH is 1. The Morgan fingerprint density at radius 2 is 2.04 bits per heavy atom. The minimum atomic E-state index is -0.851. The van der Waals surface area contributed by atoms with Crippen LogP contribution in [0.15, 0.2) is 53.6 Å². The van der Waals surface area contributed by atoms with E-state index in [9.17, 15) is 9.90 Å². The summed E-state index contributed by atoms with van der Waals surface area (Å²) >= 11 is 0. The molecule has 6 heteroatoms. The second-order valence-electron chi connectivity index (χ2n) is 6.17. The zero-order chi connectivity index (χ0) is 18.5. The topological polar surface area (TPSA) is 88.1 Å².